The highest BCUT2D eigenvalue weighted by atomic mass is 14.5. The molecule has 0 spiro atoms. The molecule has 0 heterocycles. The van der Waals surface area contributed by atoms with Crippen molar-refractivity contribution in [3.8, 4) is 44.5 Å². The zero-order chi connectivity index (χ0) is 29.1. The molecule has 42 heavy (non-hydrogen) atoms. The van der Waals surface area contributed by atoms with Crippen LogP contribution in [0.2, 0.25) is 0 Å². The van der Waals surface area contributed by atoms with E-state index in [1.54, 1.807) is 0 Å². The Morgan fingerprint density at radius 2 is 0.905 bits per heavy atom. The lowest BCUT2D eigenvalue weighted by atomic mass is 9.55. The summed E-state index contributed by atoms with van der Waals surface area (Å²) in [6.45, 7) is 11.9. The molecule has 7 rings (SSSR count). The fourth-order valence-electron chi connectivity index (χ4n) is 6.88. The minimum atomic E-state index is -0.0427. The average Bonchev–Trinajstić information content (AvgIpc) is 3.03. The van der Waals surface area contributed by atoms with Crippen LogP contribution in [0.15, 0.2) is 127 Å². The second-order valence-corrected chi connectivity index (χ2v) is 12.9. The molecule has 6 aromatic carbocycles. The van der Waals surface area contributed by atoms with E-state index in [2.05, 4.69) is 162 Å². The van der Waals surface area contributed by atoms with Crippen molar-refractivity contribution in [2.75, 3.05) is 0 Å². The highest BCUT2D eigenvalue weighted by molar-refractivity contribution is 5.97. The third-order valence-electron chi connectivity index (χ3n) is 10.3. The molecule has 0 unspecified atom stereocenters. The van der Waals surface area contributed by atoms with Crippen LogP contribution >= 0.6 is 0 Å². The molecule has 1 aliphatic rings. The zero-order valence-electron chi connectivity index (χ0n) is 25.3. The fraction of sp³-hybridized carbons (Fsp3) is 0.190. The van der Waals surface area contributed by atoms with Crippen molar-refractivity contribution in [3.63, 3.8) is 0 Å². The molecule has 0 atom stereocenters. The van der Waals surface area contributed by atoms with Gasteiger partial charge < -0.3 is 0 Å². The first-order valence-electron chi connectivity index (χ1n) is 15.3. The van der Waals surface area contributed by atoms with Gasteiger partial charge in [0.15, 0.2) is 0 Å². The Morgan fingerprint density at radius 3 is 1.48 bits per heavy atom. The first kappa shape index (κ1) is 26.5. The van der Waals surface area contributed by atoms with Gasteiger partial charge in [0.25, 0.3) is 0 Å². The van der Waals surface area contributed by atoms with E-state index < -0.39 is 0 Å². The predicted octanol–water partition coefficient (Wildman–Crippen LogP) is 11.6. The van der Waals surface area contributed by atoms with Gasteiger partial charge in [0.2, 0.25) is 0 Å². The molecule has 6 aromatic rings. The molecule has 0 nitrogen and oxygen atoms in total. The lowest BCUT2D eigenvalue weighted by Crippen LogP contribution is -2.43. The molecule has 0 saturated carbocycles. The zero-order valence-corrected chi connectivity index (χ0v) is 25.3. The van der Waals surface area contributed by atoms with Crippen molar-refractivity contribution < 1.29 is 0 Å². The lowest BCUT2D eigenvalue weighted by Gasteiger charge is -2.48. The molecule has 0 radical (unpaired) electrons. The van der Waals surface area contributed by atoms with Gasteiger partial charge in [-0.25, -0.2) is 0 Å². The standard InChI is InChI=1S/C42H38/c1-6-28-14-16-29(17-15-28)33-22-24-37-38-25-23-34(27-40(38)42(4,5)41(2,3)39(37)26-33)30-18-20-32(21-19-30)36-13-9-11-31-10-7-8-12-35(31)36/h7-27H,6H2,1-5H3. The van der Waals surface area contributed by atoms with Crippen LogP contribution in [0.25, 0.3) is 55.3 Å². The Hall–Kier alpha value is -4.42. The summed E-state index contributed by atoms with van der Waals surface area (Å²) in [5.74, 6) is 0. The maximum Gasteiger partial charge on any atom is -0.000546 e. The second-order valence-electron chi connectivity index (χ2n) is 12.9. The van der Waals surface area contributed by atoms with Crippen molar-refractivity contribution in [2.24, 2.45) is 0 Å². The number of aryl methyl sites for hydroxylation is 1. The predicted molar refractivity (Wildman–Crippen MR) is 181 cm³/mol. The highest BCUT2D eigenvalue weighted by Gasteiger charge is 2.46. The van der Waals surface area contributed by atoms with E-state index in [0.29, 0.717) is 0 Å². The summed E-state index contributed by atoms with van der Waals surface area (Å²) in [6.07, 6.45) is 1.07. The van der Waals surface area contributed by atoms with E-state index in [-0.39, 0.29) is 10.8 Å². The van der Waals surface area contributed by atoms with E-state index in [0.717, 1.165) is 6.42 Å². The molecular weight excluding hydrogens is 504 g/mol. The van der Waals surface area contributed by atoms with Gasteiger partial charge in [-0.15, -0.1) is 0 Å². The second kappa shape index (κ2) is 9.85. The topological polar surface area (TPSA) is 0 Å². The average molecular weight is 543 g/mol. The highest BCUT2D eigenvalue weighted by Crippen LogP contribution is 2.55. The normalized spacial score (nSPS) is 14.8. The van der Waals surface area contributed by atoms with Crippen LogP contribution in [0.5, 0.6) is 0 Å². The summed E-state index contributed by atoms with van der Waals surface area (Å²) in [4.78, 5) is 0. The molecular formula is C42H38. The Balaban J connectivity index is 1.28. The van der Waals surface area contributed by atoms with Gasteiger partial charge in [0.1, 0.15) is 0 Å². The van der Waals surface area contributed by atoms with Gasteiger partial charge >= 0.3 is 0 Å². The number of hydrogen-bond acceptors (Lipinski definition) is 0. The van der Waals surface area contributed by atoms with E-state index in [1.165, 1.54) is 72.0 Å². The molecule has 0 aromatic heterocycles. The van der Waals surface area contributed by atoms with Gasteiger partial charge in [-0.3, -0.25) is 0 Å². The number of fused-ring (bicyclic) bond motifs is 4. The number of benzene rings is 6. The van der Waals surface area contributed by atoms with Crippen molar-refractivity contribution >= 4 is 10.8 Å². The minimum Gasteiger partial charge on any atom is -0.0616 e. The van der Waals surface area contributed by atoms with Crippen LogP contribution in [0.3, 0.4) is 0 Å². The molecule has 0 amide bonds. The first-order valence-corrected chi connectivity index (χ1v) is 15.3. The van der Waals surface area contributed by atoms with E-state index >= 15 is 0 Å². The smallest absolute Gasteiger partial charge is 0.000546 e. The summed E-state index contributed by atoms with van der Waals surface area (Å²) in [7, 11) is 0. The van der Waals surface area contributed by atoms with Crippen LogP contribution in [0, 0.1) is 0 Å². The van der Waals surface area contributed by atoms with Crippen LogP contribution in [-0.2, 0) is 17.3 Å². The van der Waals surface area contributed by atoms with E-state index in [9.17, 15) is 0 Å². The van der Waals surface area contributed by atoms with Crippen LogP contribution in [-0.4, -0.2) is 0 Å². The van der Waals surface area contributed by atoms with Crippen molar-refractivity contribution in [3.05, 3.63) is 144 Å². The summed E-state index contributed by atoms with van der Waals surface area (Å²) in [5.41, 5.74) is 14.5. The molecule has 1 aliphatic carbocycles. The van der Waals surface area contributed by atoms with Crippen molar-refractivity contribution in [2.45, 2.75) is 51.9 Å². The Kier molecular flexibility index (Phi) is 6.21. The molecule has 0 N–H and O–H groups in total. The maximum absolute atomic E-state index is 2.45. The van der Waals surface area contributed by atoms with Gasteiger partial charge in [-0.05, 0) is 101 Å². The van der Waals surface area contributed by atoms with Crippen LogP contribution in [0.1, 0.15) is 51.3 Å². The summed E-state index contributed by atoms with van der Waals surface area (Å²) < 4.78 is 0. The van der Waals surface area contributed by atoms with Crippen molar-refractivity contribution in [1.82, 2.24) is 0 Å². The molecule has 0 bridgehead atoms. The Labute approximate surface area is 250 Å². The summed E-state index contributed by atoms with van der Waals surface area (Å²) >= 11 is 0. The molecule has 0 heteroatoms. The Morgan fingerprint density at radius 1 is 0.429 bits per heavy atom. The molecule has 0 fully saturated rings. The summed E-state index contributed by atoms with van der Waals surface area (Å²) in [6, 6.07) is 47.6. The van der Waals surface area contributed by atoms with Crippen molar-refractivity contribution in [1.29, 1.82) is 0 Å². The fourth-order valence-corrected chi connectivity index (χ4v) is 6.88. The Bertz CT molecular complexity index is 1930. The van der Waals surface area contributed by atoms with E-state index in [4.69, 9.17) is 0 Å². The third-order valence-corrected chi connectivity index (χ3v) is 10.3. The maximum atomic E-state index is 2.45. The monoisotopic (exact) mass is 542 g/mol. The minimum absolute atomic E-state index is 0.0362. The largest absolute Gasteiger partial charge is 0.0616 e. The van der Waals surface area contributed by atoms with Gasteiger partial charge in [-0.2, -0.15) is 0 Å². The van der Waals surface area contributed by atoms with Crippen LogP contribution in [0.4, 0.5) is 0 Å². The lowest BCUT2D eigenvalue weighted by molar-refractivity contribution is 0.299. The van der Waals surface area contributed by atoms with E-state index in [1.807, 2.05) is 0 Å². The SMILES string of the molecule is CCc1ccc(-c2ccc3c(c2)C(C)(C)C(C)(C)c2cc(-c4ccc(-c5cccc6ccccc56)cc4)ccc2-3)cc1. The van der Waals surface area contributed by atoms with Gasteiger partial charge in [0.05, 0.1) is 0 Å². The summed E-state index contributed by atoms with van der Waals surface area (Å²) in [5, 5.41) is 2.57. The molecule has 0 saturated heterocycles. The first-order chi connectivity index (χ1) is 20.3. The van der Waals surface area contributed by atoms with Gasteiger partial charge in [-0.1, -0.05) is 150 Å². The number of rotatable bonds is 4. The molecule has 206 valence electrons. The van der Waals surface area contributed by atoms with Gasteiger partial charge in [0, 0.05) is 0 Å². The molecule has 0 aliphatic heterocycles. The van der Waals surface area contributed by atoms with Crippen LogP contribution < -0.4 is 0 Å². The third kappa shape index (κ3) is 4.12. The quantitative estimate of drug-likeness (QED) is 0.208. The number of hydrogen-bond donors (Lipinski definition) is 0.